The second-order valence-corrected chi connectivity index (χ2v) is 2.94. The van der Waals surface area contributed by atoms with Gasteiger partial charge in [-0.05, 0) is 6.42 Å². The van der Waals surface area contributed by atoms with E-state index in [9.17, 15) is 4.79 Å². The Morgan fingerprint density at radius 1 is 1.25 bits per heavy atom. The summed E-state index contributed by atoms with van der Waals surface area (Å²) >= 11 is 0. The SMILES string of the molecule is CC[C@@H](C=O)C1C=CC=CC=C1. The molecule has 64 valence electrons. The van der Waals surface area contributed by atoms with Crippen LogP contribution in [0.4, 0.5) is 0 Å². The van der Waals surface area contributed by atoms with Crippen LogP contribution in [0.25, 0.3) is 0 Å². The number of hydrogen-bond donors (Lipinski definition) is 0. The van der Waals surface area contributed by atoms with Crippen LogP contribution in [0.3, 0.4) is 0 Å². The van der Waals surface area contributed by atoms with Crippen LogP contribution in [0.15, 0.2) is 36.5 Å². The van der Waals surface area contributed by atoms with Crippen molar-refractivity contribution in [1.29, 1.82) is 0 Å². The van der Waals surface area contributed by atoms with E-state index in [0.717, 1.165) is 12.7 Å². The lowest BCUT2D eigenvalue weighted by molar-refractivity contribution is -0.111. The fourth-order valence-electron chi connectivity index (χ4n) is 1.32. The van der Waals surface area contributed by atoms with Gasteiger partial charge in [0.1, 0.15) is 6.29 Å². The molecule has 0 heterocycles. The monoisotopic (exact) mass is 162 g/mol. The van der Waals surface area contributed by atoms with E-state index in [1.807, 2.05) is 31.2 Å². The van der Waals surface area contributed by atoms with E-state index in [4.69, 9.17) is 0 Å². The van der Waals surface area contributed by atoms with Crippen LogP contribution < -0.4 is 0 Å². The maximum absolute atomic E-state index is 10.7. The second-order valence-electron chi connectivity index (χ2n) is 2.94. The first-order valence-electron chi connectivity index (χ1n) is 4.35. The molecule has 0 bridgehead atoms. The van der Waals surface area contributed by atoms with Crippen molar-refractivity contribution in [1.82, 2.24) is 0 Å². The van der Waals surface area contributed by atoms with Crippen molar-refractivity contribution >= 4 is 6.29 Å². The third-order valence-corrected chi connectivity index (χ3v) is 2.14. The number of allylic oxidation sites excluding steroid dienone is 6. The molecule has 0 spiro atoms. The minimum atomic E-state index is 0.136. The van der Waals surface area contributed by atoms with Gasteiger partial charge in [-0.3, -0.25) is 0 Å². The summed E-state index contributed by atoms with van der Waals surface area (Å²) in [7, 11) is 0. The number of hydrogen-bond acceptors (Lipinski definition) is 1. The van der Waals surface area contributed by atoms with Crippen LogP contribution in [-0.4, -0.2) is 6.29 Å². The third kappa shape index (κ3) is 2.19. The number of rotatable bonds is 3. The van der Waals surface area contributed by atoms with Gasteiger partial charge in [-0.1, -0.05) is 43.4 Å². The van der Waals surface area contributed by atoms with Crippen LogP contribution in [0.1, 0.15) is 13.3 Å². The molecule has 1 rings (SSSR count). The van der Waals surface area contributed by atoms with Crippen molar-refractivity contribution in [3.63, 3.8) is 0 Å². The highest BCUT2D eigenvalue weighted by molar-refractivity contribution is 5.55. The smallest absolute Gasteiger partial charge is 0.123 e. The zero-order valence-corrected chi connectivity index (χ0v) is 7.31. The Labute approximate surface area is 73.5 Å². The van der Waals surface area contributed by atoms with Crippen molar-refractivity contribution in [2.75, 3.05) is 0 Å². The molecule has 1 aliphatic rings. The van der Waals surface area contributed by atoms with E-state index < -0.39 is 0 Å². The van der Waals surface area contributed by atoms with E-state index >= 15 is 0 Å². The van der Waals surface area contributed by atoms with Gasteiger partial charge in [-0.25, -0.2) is 0 Å². The predicted octanol–water partition coefficient (Wildman–Crippen LogP) is 2.51. The Balaban J connectivity index is 2.67. The van der Waals surface area contributed by atoms with Crippen molar-refractivity contribution in [2.45, 2.75) is 13.3 Å². The Kier molecular flexibility index (Phi) is 3.52. The summed E-state index contributed by atoms with van der Waals surface area (Å²) < 4.78 is 0. The lowest BCUT2D eigenvalue weighted by Crippen LogP contribution is -2.10. The van der Waals surface area contributed by atoms with Gasteiger partial charge < -0.3 is 4.79 Å². The zero-order chi connectivity index (χ0) is 8.81. The lowest BCUT2D eigenvalue weighted by Gasteiger charge is -2.12. The molecule has 12 heavy (non-hydrogen) atoms. The maximum Gasteiger partial charge on any atom is 0.123 e. The molecule has 0 fully saturated rings. The first-order valence-corrected chi connectivity index (χ1v) is 4.35. The van der Waals surface area contributed by atoms with Crippen LogP contribution in [0, 0.1) is 11.8 Å². The quantitative estimate of drug-likeness (QED) is 0.583. The standard InChI is InChI=1S/C11H14O/c1-2-10(9-12)11-7-5-3-4-6-8-11/h3-11H,2H2,1H3/t10-/m0/s1. The van der Waals surface area contributed by atoms with Gasteiger partial charge in [0.05, 0.1) is 0 Å². The highest BCUT2D eigenvalue weighted by Crippen LogP contribution is 2.18. The lowest BCUT2D eigenvalue weighted by atomic mass is 9.91. The second kappa shape index (κ2) is 4.70. The molecule has 1 aliphatic carbocycles. The molecule has 0 aromatic rings. The first kappa shape index (κ1) is 8.98. The molecule has 1 atom stereocenters. The van der Waals surface area contributed by atoms with Crippen LogP contribution in [-0.2, 0) is 4.79 Å². The van der Waals surface area contributed by atoms with Gasteiger partial charge >= 0.3 is 0 Å². The van der Waals surface area contributed by atoms with Gasteiger partial charge in [0.2, 0.25) is 0 Å². The molecule has 0 amide bonds. The van der Waals surface area contributed by atoms with E-state index in [-0.39, 0.29) is 11.8 Å². The zero-order valence-electron chi connectivity index (χ0n) is 7.31. The summed E-state index contributed by atoms with van der Waals surface area (Å²) in [6, 6.07) is 0. The maximum atomic E-state index is 10.7. The molecular weight excluding hydrogens is 148 g/mol. The summed E-state index contributed by atoms with van der Waals surface area (Å²) in [5.41, 5.74) is 0. The number of aldehydes is 1. The van der Waals surface area contributed by atoms with Crippen LogP contribution in [0.5, 0.6) is 0 Å². The van der Waals surface area contributed by atoms with E-state index in [1.54, 1.807) is 0 Å². The van der Waals surface area contributed by atoms with Crippen LogP contribution >= 0.6 is 0 Å². The summed E-state index contributed by atoms with van der Waals surface area (Å²) in [4.78, 5) is 10.7. The highest BCUT2D eigenvalue weighted by atomic mass is 16.1. The molecule has 0 aromatic heterocycles. The summed E-state index contributed by atoms with van der Waals surface area (Å²) in [5.74, 6) is 0.417. The fraction of sp³-hybridized carbons (Fsp3) is 0.364. The summed E-state index contributed by atoms with van der Waals surface area (Å²) in [6.45, 7) is 2.04. The first-order chi connectivity index (χ1) is 5.88. The Hall–Kier alpha value is -1.11. The summed E-state index contributed by atoms with van der Waals surface area (Å²) in [6.07, 6.45) is 14.0. The Morgan fingerprint density at radius 3 is 2.25 bits per heavy atom. The van der Waals surface area contributed by atoms with Gasteiger partial charge in [-0.2, -0.15) is 0 Å². The molecule has 0 unspecified atom stereocenters. The topological polar surface area (TPSA) is 17.1 Å². The molecule has 0 saturated carbocycles. The number of carbonyl (C=O) groups excluding carboxylic acids is 1. The van der Waals surface area contributed by atoms with E-state index in [1.165, 1.54) is 0 Å². The summed E-state index contributed by atoms with van der Waals surface area (Å²) in [5, 5.41) is 0. The van der Waals surface area contributed by atoms with E-state index in [2.05, 4.69) is 12.2 Å². The van der Waals surface area contributed by atoms with E-state index in [0.29, 0.717) is 0 Å². The Bertz CT molecular complexity index is 207. The largest absolute Gasteiger partial charge is 0.303 e. The highest BCUT2D eigenvalue weighted by Gasteiger charge is 2.13. The molecule has 0 aromatic carbocycles. The third-order valence-electron chi connectivity index (χ3n) is 2.14. The minimum Gasteiger partial charge on any atom is -0.303 e. The average molecular weight is 162 g/mol. The molecule has 0 saturated heterocycles. The molecule has 1 nitrogen and oxygen atoms in total. The average Bonchev–Trinajstić information content (AvgIpc) is 2.35. The molecule has 0 aliphatic heterocycles. The van der Waals surface area contributed by atoms with Crippen LogP contribution in [0.2, 0.25) is 0 Å². The molecule has 0 radical (unpaired) electrons. The van der Waals surface area contributed by atoms with Gasteiger partial charge in [-0.15, -0.1) is 0 Å². The minimum absolute atomic E-state index is 0.136. The Morgan fingerprint density at radius 2 is 1.83 bits per heavy atom. The normalized spacial score (nSPS) is 19.1. The molecular formula is C11H14O. The van der Waals surface area contributed by atoms with Crippen molar-refractivity contribution in [3.05, 3.63) is 36.5 Å². The predicted molar refractivity (Wildman–Crippen MR) is 50.8 cm³/mol. The van der Waals surface area contributed by atoms with Gasteiger partial charge in [0.25, 0.3) is 0 Å². The van der Waals surface area contributed by atoms with Gasteiger partial charge in [0, 0.05) is 11.8 Å². The molecule has 0 N–H and O–H groups in total. The van der Waals surface area contributed by atoms with Gasteiger partial charge in [0.15, 0.2) is 0 Å². The number of carbonyl (C=O) groups is 1. The van der Waals surface area contributed by atoms with Crippen molar-refractivity contribution in [2.24, 2.45) is 11.8 Å². The molecule has 1 heteroatoms. The van der Waals surface area contributed by atoms with Crippen molar-refractivity contribution in [3.8, 4) is 0 Å². The fourth-order valence-corrected chi connectivity index (χ4v) is 1.32. The van der Waals surface area contributed by atoms with Crippen molar-refractivity contribution < 1.29 is 4.79 Å².